The number of halogens is 1. The van der Waals surface area contributed by atoms with Crippen molar-refractivity contribution in [3.05, 3.63) is 71.3 Å². The fraction of sp³-hybridized carbons (Fsp3) is 0.423. The Morgan fingerprint density at radius 1 is 0.941 bits per heavy atom. The minimum Gasteiger partial charge on any atom is -0.356 e. The van der Waals surface area contributed by atoms with Gasteiger partial charge in [-0.15, -0.1) is 24.0 Å². The third kappa shape index (κ3) is 6.56. The summed E-state index contributed by atoms with van der Waals surface area (Å²) in [5.41, 5.74) is 2.39. The first kappa shape index (κ1) is 26.2. The van der Waals surface area contributed by atoms with Crippen molar-refractivity contribution in [3.8, 4) is 0 Å². The molecule has 2 amide bonds. The van der Waals surface area contributed by atoms with E-state index >= 15 is 0 Å². The number of hydrogen-bond acceptors (Lipinski definition) is 4. The van der Waals surface area contributed by atoms with E-state index in [9.17, 15) is 9.59 Å². The van der Waals surface area contributed by atoms with Gasteiger partial charge in [-0.3, -0.25) is 24.4 Å². The number of likely N-dealkylation sites (tertiary alicyclic amines) is 1. The Bertz CT molecular complexity index is 955. The van der Waals surface area contributed by atoms with Gasteiger partial charge in [0.05, 0.1) is 11.1 Å². The zero-order valence-corrected chi connectivity index (χ0v) is 22.0. The Labute approximate surface area is 219 Å². The van der Waals surface area contributed by atoms with Gasteiger partial charge in [-0.2, -0.15) is 0 Å². The van der Waals surface area contributed by atoms with Crippen LogP contribution in [0.5, 0.6) is 0 Å². The molecule has 2 aliphatic heterocycles. The van der Waals surface area contributed by atoms with Crippen molar-refractivity contribution in [2.75, 3.05) is 33.2 Å². The van der Waals surface area contributed by atoms with Crippen LogP contribution in [-0.4, -0.2) is 66.8 Å². The number of imide groups is 1. The number of fused-ring (bicyclic) bond motifs is 1. The van der Waals surface area contributed by atoms with Crippen molar-refractivity contribution in [1.29, 1.82) is 0 Å². The number of carbonyl (C=O) groups is 2. The van der Waals surface area contributed by atoms with Gasteiger partial charge >= 0.3 is 0 Å². The van der Waals surface area contributed by atoms with E-state index in [2.05, 4.69) is 50.9 Å². The number of guanidine groups is 1. The van der Waals surface area contributed by atoms with E-state index in [1.54, 1.807) is 31.3 Å². The van der Waals surface area contributed by atoms with Gasteiger partial charge in [0.2, 0.25) is 0 Å². The maximum absolute atomic E-state index is 12.4. The summed E-state index contributed by atoms with van der Waals surface area (Å²) in [4.78, 5) is 33.1. The van der Waals surface area contributed by atoms with Crippen LogP contribution in [0, 0.1) is 0 Å². The largest absolute Gasteiger partial charge is 0.356 e. The second-order valence-electron chi connectivity index (χ2n) is 8.69. The molecule has 7 nitrogen and oxygen atoms in total. The molecule has 1 fully saturated rings. The lowest BCUT2D eigenvalue weighted by atomic mass is 10.0. The van der Waals surface area contributed by atoms with Gasteiger partial charge in [-0.25, -0.2) is 0 Å². The topological polar surface area (TPSA) is 77.0 Å². The molecule has 8 heteroatoms. The van der Waals surface area contributed by atoms with Crippen molar-refractivity contribution in [2.24, 2.45) is 4.99 Å². The standard InChI is InChI=1S/C26H33N5O2.HI/c1-27-26(29-21-13-17-30(18-14-21)19-20-9-3-2-4-10-20)28-15-7-8-16-31-24(32)22-11-5-6-12-23(22)25(31)33;/h2-6,9-12,21H,7-8,13-19H2,1H3,(H2,27,28,29);1H. The van der Waals surface area contributed by atoms with Gasteiger partial charge in [0.25, 0.3) is 11.8 Å². The normalized spacial score (nSPS) is 16.9. The van der Waals surface area contributed by atoms with Gasteiger partial charge in [0.15, 0.2) is 5.96 Å². The fourth-order valence-electron chi connectivity index (χ4n) is 4.51. The van der Waals surface area contributed by atoms with E-state index in [1.165, 1.54) is 10.5 Å². The minimum atomic E-state index is -0.181. The molecule has 2 aromatic carbocycles. The lowest BCUT2D eigenvalue weighted by Crippen LogP contribution is -2.48. The van der Waals surface area contributed by atoms with Crippen LogP contribution in [-0.2, 0) is 6.54 Å². The third-order valence-electron chi connectivity index (χ3n) is 6.38. The monoisotopic (exact) mass is 575 g/mol. The van der Waals surface area contributed by atoms with E-state index in [-0.39, 0.29) is 35.8 Å². The predicted octanol–water partition coefficient (Wildman–Crippen LogP) is 3.51. The van der Waals surface area contributed by atoms with E-state index in [0.29, 0.717) is 23.7 Å². The summed E-state index contributed by atoms with van der Waals surface area (Å²) in [7, 11) is 1.79. The van der Waals surface area contributed by atoms with E-state index in [0.717, 1.165) is 57.8 Å². The molecule has 0 atom stereocenters. The van der Waals surface area contributed by atoms with Crippen LogP contribution in [0.4, 0.5) is 0 Å². The molecule has 0 spiro atoms. The Hall–Kier alpha value is -2.46. The number of nitrogens with zero attached hydrogens (tertiary/aromatic N) is 3. The van der Waals surface area contributed by atoms with Crippen LogP contribution in [0.3, 0.4) is 0 Å². The lowest BCUT2D eigenvalue weighted by molar-refractivity contribution is 0.0652. The van der Waals surface area contributed by atoms with E-state index in [4.69, 9.17) is 0 Å². The molecule has 0 bridgehead atoms. The number of aliphatic imine (C=N–C) groups is 1. The second-order valence-corrected chi connectivity index (χ2v) is 8.69. The van der Waals surface area contributed by atoms with Crippen LogP contribution in [0.15, 0.2) is 59.6 Å². The molecular weight excluding hydrogens is 541 g/mol. The van der Waals surface area contributed by atoms with Crippen molar-refractivity contribution in [1.82, 2.24) is 20.4 Å². The number of unbranched alkanes of at least 4 members (excludes halogenated alkanes) is 1. The maximum atomic E-state index is 12.4. The first-order valence-corrected chi connectivity index (χ1v) is 11.8. The van der Waals surface area contributed by atoms with Gasteiger partial charge in [-0.05, 0) is 43.4 Å². The fourth-order valence-corrected chi connectivity index (χ4v) is 4.51. The molecule has 4 rings (SSSR count). The summed E-state index contributed by atoms with van der Waals surface area (Å²) in [5, 5.41) is 6.91. The Morgan fingerprint density at radius 2 is 1.56 bits per heavy atom. The molecule has 0 aromatic heterocycles. The van der Waals surface area contributed by atoms with Gasteiger partial charge in [0, 0.05) is 45.8 Å². The zero-order chi connectivity index (χ0) is 23.0. The maximum Gasteiger partial charge on any atom is 0.261 e. The zero-order valence-electron chi connectivity index (χ0n) is 19.7. The molecule has 0 aliphatic carbocycles. The number of piperidine rings is 1. The van der Waals surface area contributed by atoms with Crippen LogP contribution < -0.4 is 10.6 Å². The van der Waals surface area contributed by atoms with Crippen molar-refractivity contribution in [3.63, 3.8) is 0 Å². The van der Waals surface area contributed by atoms with Gasteiger partial charge in [0.1, 0.15) is 0 Å². The number of nitrogens with one attached hydrogen (secondary N) is 2. The van der Waals surface area contributed by atoms with Crippen molar-refractivity contribution < 1.29 is 9.59 Å². The summed E-state index contributed by atoms with van der Waals surface area (Å²) in [6.07, 6.45) is 3.79. The molecule has 0 unspecified atom stereocenters. The van der Waals surface area contributed by atoms with Crippen molar-refractivity contribution >= 4 is 41.8 Å². The van der Waals surface area contributed by atoms with Crippen LogP contribution in [0.2, 0.25) is 0 Å². The third-order valence-corrected chi connectivity index (χ3v) is 6.38. The molecule has 0 saturated carbocycles. The average Bonchev–Trinajstić information content (AvgIpc) is 3.09. The van der Waals surface area contributed by atoms with Crippen molar-refractivity contribution in [2.45, 2.75) is 38.3 Å². The molecule has 182 valence electrons. The lowest BCUT2D eigenvalue weighted by Gasteiger charge is -2.33. The Kier molecular flexibility index (Phi) is 9.88. The highest BCUT2D eigenvalue weighted by Crippen LogP contribution is 2.22. The smallest absolute Gasteiger partial charge is 0.261 e. The highest BCUT2D eigenvalue weighted by molar-refractivity contribution is 14.0. The number of carbonyl (C=O) groups excluding carboxylic acids is 2. The molecule has 1 saturated heterocycles. The predicted molar refractivity (Wildman–Crippen MR) is 146 cm³/mol. The SMILES string of the molecule is CN=C(NCCCCN1C(=O)c2ccccc2C1=O)NC1CCN(Cc2ccccc2)CC1.I. The summed E-state index contributed by atoms with van der Waals surface area (Å²) in [6.45, 7) is 4.34. The van der Waals surface area contributed by atoms with Crippen LogP contribution in [0.1, 0.15) is 52.0 Å². The molecular formula is C26H34IN5O2. The number of amides is 2. The Balaban J connectivity index is 0.00000324. The summed E-state index contributed by atoms with van der Waals surface area (Å²) < 4.78 is 0. The number of rotatable bonds is 8. The summed E-state index contributed by atoms with van der Waals surface area (Å²) in [5.74, 6) is 0.455. The summed E-state index contributed by atoms with van der Waals surface area (Å²) >= 11 is 0. The first-order valence-electron chi connectivity index (χ1n) is 11.8. The highest BCUT2D eigenvalue weighted by atomic mass is 127. The van der Waals surface area contributed by atoms with E-state index in [1.807, 2.05) is 0 Å². The minimum absolute atomic E-state index is 0. The quantitative estimate of drug-likeness (QED) is 0.166. The molecule has 2 heterocycles. The molecule has 2 aliphatic rings. The molecule has 2 N–H and O–H groups in total. The number of benzene rings is 2. The number of hydrogen-bond donors (Lipinski definition) is 2. The van der Waals surface area contributed by atoms with Gasteiger partial charge in [-0.1, -0.05) is 42.5 Å². The van der Waals surface area contributed by atoms with Crippen LogP contribution >= 0.6 is 24.0 Å². The Morgan fingerprint density at radius 3 is 2.18 bits per heavy atom. The molecule has 34 heavy (non-hydrogen) atoms. The second kappa shape index (κ2) is 12.9. The van der Waals surface area contributed by atoms with Crippen LogP contribution in [0.25, 0.3) is 0 Å². The van der Waals surface area contributed by atoms with E-state index < -0.39 is 0 Å². The molecule has 2 aromatic rings. The summed E-state index contributed by atoms with van der Waals surface area (Å²) in [6, 6.07) is 18.1. The van der Waals surface area contributed by atoms with Gasteiger partial charge < -0.3 is 10.6 Å². The highest BCUT2D eigenvalue weighted by Gasteiger charge is 2.34. The average molecular weight is 575 g/mol. The first-order chi connectivity index (χ1) is 16.2. The molecule has 0 radical (unpaired) electrons.